The number of fused-ring (bicyclic) bond motifs is 2. The maximum absolute atomic E-state index is 4.67. The Hall–Kier alpha value is -3.04. The van der Waals surface area contributed by atoms with Crippen LogP contribution in [0.5, 0.6) is 0 Å². The molecule has 0 radical (unpaired) electrons. The van der Waals surface area contributed by atoms with Crippen molar-refractivity contribution in [3.8, 4) is 22.5 Å². The summed E-state index contributed by atoms with van der Waals surface area (Å²) in [6.45, 7) is 11.4. The first-order valence-corrected chi connectivity index (χ1v) is 12.5. The van der Waals surface area contributed by atoms with Gasteiger partial charge < -0.3 is 0 Å². The maximum atomic E-state index is 4.67. The average Bonchev–Trinajstić information content (AvgIpc) is 3.19. The fourth-order valence-corrected chi connectivity index (χ4v) is 5.55. The van der Waals surface area contributed by atoms with Crippen molar-refractivity contribution in [1.82, 2.24) is 9.97 Å². The third kappa shape index (κ3) is 4.30. The molecule has 0 fully saturated rings. The van der Waals surface area contributed by atoms with E-state index in [1.54, 1.807) is 6.33 Å². The normalized spacial score (nSPS) is 12.2. The quantitative estimate of drug-likeness (QED) is 0.274. The topological polar surface area (TPSA) is 25.8 Å². The summed E-state index contributed by atoms with van der Waals surface area (Å²) in [6.07, 6.45) is 2.80. The molecule has 0 amide bonds. The van der Waals surface area contributed by atoms with E-state index in [0.29, 0.717) is 5.92 Å². The lowest BCUT2D eigenvalue weighted by Gasteiger charge is -2.22. The summed E-state index contributed by atoms with van der Waals surface area (Å²) in [5.41, 5.74) is 7.03. The van der Waals surface area contributed by atoms with Crippen molar-refractivity contribution in [2.75, 3.05) is 0 Å². The molecule has 3 aromatic carbocycles. The molecule has 3 heteroatoms. The molecule has 0 aliphatic rings. The van der Waals surface area contributed by atoms with Gasteiger partial charge in [0.25, 0.3) is 0 Å². The van der Waals surface area contributed by atoms with Crippen LogP contribution in [-0.4, -0.2) is 9.97 Å². The molecule has 2 aromatic heterocycles. The molecule has 0 spiro atoms. The predicted molar refractivity (Wildman–Crippen MR) is 143 cm³/mol. The lowest BCUT2D eigenvalue weighted by molar-refractivity contribution is 0.596. The van der Waals surface area contributed by atoms with E-state index in [-0.39, 0.29) is 5.41 Å². The van der Waals surface area contributed by atoms with Gasteiger partial charge in [-0.3, -0.25) is 0 Å². The molecule has 166 valence electrons. The number of benzene rings is 3. The molecule has 5 aromatic rings. The Morgan fingerprint density at radius 3 is 2.33 bits per heavy atom. The van der Waals surface area contributed by atoms with Gasteiger partial charge in [-0.2, -0.15) is 0 Å². The Balaban J connectivity index is 1.61. The molecule has 0 N–H and O–H groups in total. The first-order valence-electron chi connectivity index (χ1n) is 11.7. The van der Waals surface area contributed by atoms with Crippen molar-refractivity contribution in [2.24, 2.45) is 5.92 Å². The maximum Gasteiger partial charge on any atom is 0.116 e. The summed E-state index contributed by atoms with van der Waals surface area (Å²) in [4.78, 5) is 9.31. The van der Waals surface area contributed by atoms with Crippen molar-refractivity contribution in [2.45, 2.75) is 46.5 Å². The molecule has 0 unspecified atom stereocenters. The van der Waals surface area contributed by atoms with E-state index in [9.17, 15) is 0 Å². The largest absolute Gasteiger partial charge is 0.236 e. The van der Waals surface area contributed by atoms with Gasteiger partial charge in [0.1, 0.15) is 6.33 Å². The second-order valence-corrected chi connectivity index (χ2v) is 11.3. The van der Waals surface area contributed by atoms with Gasteiger partial charge in [-0.1, -0.05) is 65.0 Å². The molecule has 5 rings (SSSR count). The molecule has 0 aliphatic carbocycles. The van der Waals surface area contributed by atoms with Gasteiger partial charge in [0.05, 0.1) is 11.4 Å². The van der Waals surface area contributed by atoms with E-state index in [2.05, 4.69) is 111 Å². The zero-order valence-electron chi connectivity index (χ0n) is 20.0. The van der Waals surface area contributed by atoms with E-state index in [1.807, 2.05) is 11.3 Å². The van der Waals surface area contributed by atoms with Crippen molar-refractivity contribution in [1.29, 1.82) is 0 Å². The van der Waals surface area contributed by atoms with Crippen LogP contribution in [0.2, 0.25) is 0 Å². The van der Waals surface area contributed by atoms with Gasteiger partial charge in [-0.25, -0.2) is 9.97 Å². The van der Waals surface area contributed by atoms with Crippen LogP contribution < -0.4 is 0 Å². The lowest BCUT2D eigenvalue weighted by Crippen LogP contribution is -2.12. The second-order valence-electron chi connectivity index (χ2n) is 10.4. The van der Waals surface area contributed by atoms with Crippen molar-refractivity contribution < 1.29 is 0 Å². The van der Waals surface area contributed by atoms with E-state index < -0.39 is 0 Å². The van der Waals surface area contributed by atoms with Crippen LogP contribution >= 0.6 is 11.3 Å². The average molecular weight is 451 g/mol. The zero-order valence-corrected chi connectivity index (χ0v) is 20.8. The summed E-state index contributed by atoms with van der Waals surface area (Å²) < 4.78 is 1.34. The van der Waals surface area contributed by atoms with Crippen LogP contribution in [0.25, 0.3) is 43.4 Å². The summed E-state index contributed by atoms with van der Waals surface area (Å²) in [5.74, 6) is 0.641. The van der Waals surface area contributed by atoms with E-state index in [1.165, 1.54) is 32.0 Å². The highest BCUT2D eigenvalue weighted by atomic mass is 32.1. The summed E-state index contributed by atoms with van der Waals surface area (Å²) in [7, 11) is 0. The molecular weight excluding hydrogens is 420 g/mol. The number of aromatic nitrogens is 2. The van der Waals surface area contributed by atoms with Crippen molar-refractivity contribution in [3.63, 3.8) is 0 Å². The van der Waals surface area contributed by atoms with Gasteiger partial charge in [0.2, 0.25) is 0 Å². The molecule has 0 atom stereocenters. The Bertz CT molecular complexity index is 1450. The second kappa shape index (κ2) is 8.39. The number of thiophene rings is 1. The molecule has 0 saturated heterocycles. The molecule has 0 bridgehead atoms. The fourth-order valence-electron chi connectivity index (χ4n) is 4.59. The van der Waals surface area contributed by atoms with Crippen LogP contribution in [0.1, 0.15) is 45.7 Å². The van der Waals surface area contributed by atoms with Gasteiger partial charge in [-0.05, 0) is 80.8 Å². The van der Waals surface area contributed by atoms with Crippen molar-refractivity contribution >= 4 is 32.2 Å². The number of hydrogen-bond donors (Lipinski definition) is 0. The summed E-state index contributed by atoms with van der Waals surface area (Å²) in [6, 6.07) is 22.0. The van der Waals surface area contributed by atoms with Crippen molar-refractivity contribution in [3.05, 3.63) is 83.5 Å². The molecule has 2 heterocycles. The monoisotopic (exact) mass is 450 g/mol. The Kier molecular flexibility index (Phi) is 5.54. The van der Waals surface area contributed by atoms with E-state index >= 15 is 0 Å². The minimum atomic E-state index is 0.0439. The third-order valence-electron chi connectivity index (χ3n) is 6.21. The summed E-state index contributed by atoms with van der Waals surface area (Å²) in [5, 5.41) is 6.22. The van der Waals surface area contributed by atoms with Crippen LogP contribution in [0.4, 0.5) is 0 Å². The summed E-state index contributed by atoms with van der Waals surface area (Å²) >= 11 is 1.83. The minimum Gasteiger partial charge on any atom is -0.236 e. The fraction of sp³-hybridized carbons (Fsp3) is 0.267. The van der Waals surface area contributed by atoms with Crippen LogP contribution in [0.15, 0.2) is 72.4 Å². The Labute approximate surface area is 200 Å². The Morgan fingerprint density at radius 1 is 0.818 bits per heavy atom. The van der Waals surface area contributed by atoms with Gasteiger partial charge in [0.15, 0.2) is 0 Å². The standard InChI is InChI=1S/C30H30N2S/c1-19(2)12-23-17-33-29-11-10-21(14-25(23)29)27-16-28(32-18-31-27)22-13-20-8-6-7-9-24(20)26(15-22)30(3,4)5/h6-11,13-19H,12H2,1-5H3. The van der Waals surface area contributed by atoms with E-state index in [0.717, 1.165) is 28.9 Å². The van der Waals surface area contributed by atoms with Gasteiger partial charge in [-0.15, -0.1) is 11.3 Å². The predicted octanol–water partition coefficient (Wildman–Crippen LogP) is 8.67. The Morgan fingerprint density at radius 2 is 1.58 bits per heavy atom. The van der Waals surface area contributed by atoms with Crippen LogP contribution in [0.3, 0.4) is 0 Å². The van der Waals surface area contributed by atoms with E-state index in [4.69, 9.17) is 0 Å². The first-order chi connectivity index (χ1) is 15.8. The third-order valence-corrected chi connectivity index (χ3v) is 7.22. The highest BCUT2D eigenvalue weighted by Crippen LogP contribution is 2.36. The molecular formula is C30H30N2S. The number of hydrogen-bond acceptors (Lipinski definition) is 3. The lowest BCUT2D eigenvalue weighted by atomic mass is 9.82. The van der Waals surface area contributed by atoms with Crippen LogP contribution in [0, 0.1) is 5.92 Å². The minimum absolute atomic E-state index is 0.0439. The molecule has 0 aliphatic heterocycles. The SMILES string of the molecule is CC(C)Cc1csc2ccc(-c3cc(-c4cc(C(C)(C)C)c5ccccc5c4)ncn3)cc12. The highest BCUT2D eigenvalue weighted by Gasteiger charge is 2.19. The molecule has 0 saturated carbocycles. The zero-order chi connectivity index (χ0) is 23.2. The van der Waals surface area contributed by atoms with Gasteiger partial charge >= 0.3 is 0 Å². The smallest absolute Gasteiger partial charge is 0.116 e. The van der Waals surface area contributed by atoms with Gasteiger partial charge in [0, 0.05) is 15.8 Å². The number of rotatable bonds is 4. The van der Waals surface area contributed by atoms with Crippen LogP contribution in [-0.2, 0) is 11.8 Å². The number of nitrogens with zero attached hydrogens (tertiary/aromatic N) is 2. The molecule has 2 nitrogen and oxygen atoms in total. The molecule has 33 heavy (non-hydrogen) atoms. The highest BCUT2D eigenvalue weighted by molar-refractivity contribution is 7.17. The first kappa shape index (κ1) is 21.8.